The van der Waals surface area contributed by atoms with E-state index in [9.17, 15) is 14.3 Å². The monoisotopic (exact) mass is 336 g/mol. The van der Waals surface area contributed by atoms with E-state index in [1.807, 2.05) is 4.90 Å². The second-order valence-electron chi connectivity index (χ2n) is 6.68. The quantitative estimate of drug-likeness (QED) is 0.794. The van der Waals surface area contributed by atoms with Gasteiger partial charge in [-0.05, 0) is 43.4 Å². The van der Waals surface area contributed by atoms with E-state index < -0.39 is 6.10 Å². The van der Waals surface area contributed by atoms with Crippen LogP contribution in [0, 0.1) is 5.82 Å². The van der Waals surface area contributed by atoms with E-state index in [1.54, 1.807) is 12.1 Å². The molecule has 1 aromatic rings. The largest absolute Gasteiger partial charge is 0.387 e. The molecule has 1 aliphatic carbocycles. The van der Waals surface area contributed by atoms with Gasteiger partial charge in [0.1, 0.15) is 5.82 Å². The molecule has 2 fully saturated rings. The van der Waals surface area contributed by atoms with Crippen LogP contribution in [0.2, 0.25) is 0 Å². The van der Waals surface area contributed by atoms with Crippen LogP contribution in [0.5, 0.6) is 0 Å². The van der Waals surface area contributed by atoms with Crippen molar-refractivity contribution in [3.8, 4) is 0 Å². The summed E-state index contributed by atoms with van der Waals surface area (Å²) in [5.41, 5.74) is 0.673. The number of carbonyl (C=O) groups is 1. The van der Waals surface area contributed by atoms with Gasteiger partial charge in [0.2, 0.25) is 5.91 Å². The molecule has 1 heterocycles. The molecule has 1 atom stereocenters. The second-order valence-corrected chi connectivity index (χ2v) is 6.68. The van der Waals surface area contributed by atoms with Crippen LogP contribution in [0.25, 0.3) is 0 Å². The summed E-state index contributed by atoms with van der Waals surface area (Å²) in [6, 6.07) is 6.42. The Balaban J connectivity index is 1.52. The molecule has 0 aromatic heterocycles. The van der Waals surface area contributed by atoms with Gasteiger partial charge in [0.25, 0.3) is 0 Å². The van der Waals surface area contributed by atoms with Gasteiger partial charge in [0, 0.05) is 31.8 Å². The summed E-state index contributed by atoms with van der Waals surface area (Å²) in [7, 11) is 0. The highest BCUT2D eigenvalue weighted by Crippen LogP contribution is 2.28. The van der Waals surface area contributed by atoms with Crippen LogP contribution in [0.1, 0.15) is 37.4 Å². The van der Waals surface area contributed by atoms with Crippen LogP contribution in [0.4, 0.5) is 4.39 Å². The van der Waals surface area contributed by atoms with Gasteiger partial charge in [-0.3, -0.25) is 9.69 Å². The summed E-state index contributed by atoms with van der Waals surface area (Å²) in [4.78, 5) is 14.3. The minimum absolute atomic E-state index is 0.0000983. The average molecular weight is 336 g/mol. The van der Waals surface area contributed by atoms with E-state index in [-0.39, 0.29) is 17.8 Å². The summed E-state index contributed by atoms with van der Waals surface area (Å²) in [5.74, 6) is -0.319. The Morgan fingerprint density at radius 3 is 2.54 bits per heavy atom. The Bertz CT molecular complexity index is 542. The van der Waals surface area contributed by atoms with E-state index in [0.29, 0.717) is 37.9 Å². The predicted molar refractivity (Wildman–Crippen MR) is 87.9 cm³/mol. The number of aliphatic hydroxyl groups is 1. The normalized spacial score (nSPS) is 20.1. The Morgan fingerprint density at radius 2 is 1.92 bits per heavy atom. The Labute approximate surface area is 141 Å². The summed E-state index contributed by atoms with van der Waals surface area (Å²) >= 11 is 0. The van der Waals surface area contributed by atoms with Gasteiger partial charge in [0.05, 0.1) is 12.6 Å². The van der Waals surface area contributed by atoms with Crippen LogP contribution in [0.3, 0.4) is 0 Å². The maximum absolute atomic E-state index is 13.0. The molecule has 0 unspecified atom stereocenters. The first-order chi connectivity index (χ1) is 11.6. The van der Waals surface area contributed by atoms with Crippen LogP contribution in [-0.4, -0.2) is 54.3 Å². The molecule has 1 aromatic carbocycles. The molecular formula is C18H25FN2O3. The predicted octanol–water partition coefficient (Wildman–Crippen LogP) is 1.62. The number of halogens is 1. The summed E-state index contributed by atoms with van der Waals surface area (Å²) < 4.78 is 18.3. The molecule has 1 saturated heterocycles. The number of hydrogen-bond acceptors (Lipinski definition) is 4. The number of rotatable bonds is 7. The zero-order chi connectivity index (χ0) is 16.9. The third kappa shape index (κ3) is 5.00. The number of amides is 1. The molecule has 1 saturated carbocycles. The highest BCUT2D eigenvalue weighted by Gasteiger charge is 2.32. The molecule has 0 radical (unpaired) electrons. The van der Waals surface area contributed by atoms with Crippen molar-refractivity contribution in [2.45, 2.75) is 43.9 Å². The van der Waals surface area contributed by atoms with E-state index in [4.69, 9.17) is 4.74 Å². The molecule has 5 nitrogen and oxygen atoms in total. The van der Waals surface area contributed by atoms with Gasteiger partial charge in [-0.2, -0.15) is 0 Å². The molecule has 2 N–H and O–H groups in total. The van der Waals surface area contributed by atoms with Crippen LogP contribution in [-0.2, 0) is 9.53 Å². The zero-order valence-electron chi connectivity index (χ0n) is 13.8. The smallest absolute Gasteiger partial charge is 0.234 e. The maximum Gasteiger partial charge on any atom is 0.234 e. The summed E-state index contributed by atoms with van der Waals surface area (Å²) in [5, 5.41) is 13.4. The fraction of sp³-hybridized carbons (Fsp3) is 0.611. The highest BCUT2D eigenvalue weighted by molar-refractivity contribution is 5.78. The number of ether oxygens (including phenoxy) is 1. The molecule has 0 bridgehead atoms. The van der Waals surface area contributed by atoms with E-state index in [1.165, 1.54) is 12.1 Å². The molecule has 0 spiro atoms. The first-order valence-electron chi connectivity index (χ1n) is 8.66. The molecule has 6 heteroatoms. The van der Waals surface area contributed by atoms with Crippen molar-refractivity contribution in [3.05, 3.63) is 35.6 Å². The third-order valence-corrected chi connectivity index (χ3v) is 4.66. The molecule has 132 valence electrons. The van der Waals surface area contributed by atoms with E-state index >= 15 is 0 Å². The lowest BCUT2D eigenvalue weighted by Gasteiger charge is -2.27. The number of benzene rings is 1. The average Bonchev–Trinajstić information content (AvgIpc) is 3.40. The fourth-order valence-electron chi connectivity index (χ4n) is 3.09. The number of nitrogens with zero attached hydrogens (tertiary/aromatic N) is 1. The summed E-state index contributed by atoms with van der Waals surface area (Å²) in [6.45, 7) is 2.07. The lowest BCUT2D eigenvalue weighted by molar-refractivity contribution is -0.124. The third-order valence-electron chi connectivity index (χ3n) is 4.66. The van der Waals surface area contributed by atoms with Crippen molar-refractivity contribution < 1.29 is 19.0 Å². The first kappa shape index (κ1) is 17.3. The Morgan fingerprint density at radius 1 is 1.25 bits per heavy atom. The van der Waals surface area contributed by atoms with Gasteiger partial charge < -0.3 is 15.2 Å². The topological polar surface area (TPSA) is 61.8 Å². The first-order valence-corrected chi connectivity index (χ1v) is 8.66. The number of nitrogens with one attached hydrogen (secondary N) is 1. The minimum atomic E-state index is -0.720. The van der Waals surface area contributed by atoms with Crippen molar-refractivity contribution >= 4 is 5.91 Å². The Hall–Kier alpha value is -1.50. The Kier molecular flexibility index (Phi) is 5.81. The van der Waals surface area contributed by atoms with Crippen LogP contribution < -0.4 is 5.32 Å². The molecule has 3 rings (SSSR count). The minimum Gasteiger partial charge on any atom is -0.387 e. The standard InChI is InChI=1S/C18H25FN2O3/c19-14-3-1-13(2-4-14)17(22)11-21(16-5-6-16)12-18(23)20-15-7-9-24-10-8-15/h1-4,15-17,22H,5-12H2,(H,20,23)/t17-/m1/s1. The van der Waals surface area contributed by atoms with E-state index in [2.05, 4.69) is 5.32 Å². The van der Waals surface area contributed by atoms with Crippen molar-refractivity contribution in [2.75, 3.05) is 26.3 Å². The van der Waals surface area contributed by atoms with Crippen LogP contribution in [0.15, 0.2) is 24.3 Å². The SMILES string of the molecule is O=C(CN(C[C@@H](O)c1ccc(F)cc1)C1CC1)NC1CCOCC1. The lowest BCUT2D eigenvalue weighted by atomic mass is 10.1. The molecule has 1 aliphatic heterocycles. The van der Waals surface area contributed by atoms with Gasteiger partial charge >= 0.3 is 0 Å². The number of aliphatic hydroxyl groups excluding tert-OH is 1. The van der Waals surface area contributed by atoms with Gasteiger partial charge in [-0.15, -0.1) is 0 Å². The van der Waals surface area contributed by atoms with Crippen LogP contribution >= 0.6 is 0 Å². The van der Waals surface area contributed by atoms with Gasteiger partial charge in [-0.1, -0.05) is 12.1 Å². The van der Waals surface area contributed by atoms with Crippen molar-refractivity contribution in [3.63, 3.8) is 0 Å². The lowest BCUT2D eigenvalue weighted by Crippen LogP contribution is -2.45. The number of hydrogen-bond donors (Lipinski definition) is 2. The van der Waals surface area contributed by atoms with Crippen molar-refractivity contribution in [1.29, 1.82) is 0 Å². The molecule has 2 aliphatic rings. The summed E-state index contributed by atoms with van der Waals surface area (Å²) in [6.07, 6.45) is 3.10. The maximum atomic E-state index is 13.0. The molecular weight excluding hydrogens is 311 g/mol. The van der Waals surface area contributed by atoms with Crippen molar-refractivity contribution in [1.82, 2.24) is 10.2 Å². The second kappa shape index (κ2) is 8.05. The molecule has 24 heavy (non-hydrogen) atoms. The molecule has 1 amide bonds. The van der Waals surface area contributed by atoms with Crippen molar-refractivity contribution in [2.24, 2.45) is 0 Å². The fourth-order valence-corrected chi connectivity index (χ4v) is 3.09. The zero-order valence-corrected chi connectivity index (χ0v) is 13.8. The van der Waals surface area contributed by atoms with E-state index in [0.717, 1.165) is 25.7 Å². The van der Waals surface area contributed by atoms with Gasteiger partial charge in [-0.25, -0.2) is 4.39 Å². The number of carbonyl (C=O) groups excluding carboxylic acids is 1. The highest BCUT2D eigenvalue weighted by atomic mass is 19.1. The van der Waals surface area contributed by atoms with Gasteiger partial charge in [0.15, 0.2) is 0 Å².